The lowest BCUT2D eigenvalue weighted by Crippen LogP contribution is -2.32. The highest BCUT2D eigenvalue weighted by Crippen LogP contribution is 2.53. The lowest BCUT2D eigenvalue weighted by molar-refractivity contribution is -0.123. The number of hydrogen-bond acceptors (Lipinski definition) is 2. The summed E-state index contributed by atoms with van der Waals surface area (Å²) in [4.78, 5) is 26.5. The lowest BCUT2D eigenvalue weighted by Gasteiger charge is -2.17. The second kappa shape index (κ2) is 4.09. The minimum absolute atomic E-state index is 0.116. The van der Waals surface area contributed by atoms with Crippen molar-refractivity contribution in [2.45, 2.75) is 6.42 Å². The average molecular weight is 308 g/mol. The van der Waals surface area contributed by atoms with Gasteiger partial charge in [-0.1, -0.05) is 35.4 Å². The van der Waals surface area contributed by atoms with E-state index in [0.29, 0.717) is 15.7 Å². The molecule has 3 aliphatic rings. The highest BCUT2D eigenvalue weighted by atomic mass is 35.5. The predicted octanol–water partition coefficient (Wildman–Crippen LogP) is 3.30. The molecule has 4 atom stereocenters. The summed E-state index contributed by atoms with van der Waals surface area (Å²) in [6, 6.07) is 4.81. The van der Waals surface area contributed by atoms with Crippen LogP contribution in [0, 0.1) is 23.7 Å². The number of anilines is 1. The van der Waals surface area contributed by atoms with E-state index in [-0.39, 0.29) is 35.5 Å². The Kier molecular flexibility index (Phi) is 2.54. The van der Waals surface area contributed by atoms with Gasteiger partial charge in [-0.05, 0) is 36.5 Å². The summed E-state index contributed by atoms with van der Waals surface area (Å²) >= 11 is 11.9. The third-order valence-electron chi connectivity index (χ3n) is 4.58. The fourth-order valence-corrected chi connectivity index (χ4v) is 4.34. The summed E-state index contributed by atoms with van der Waals surface area (Å²) in [5, 5.41) is 0.845. The molecule has 0 radical (unpaired) electrons. The van der Waals surface area contributed by atoms with Gasteiger partial charge >= 0.3 is 0 Å². The summed E-state index contributed by atoms with van der Waals surface area (Å²) in [6.07, 6.45) is 5.08. The van der Waals surface area contributed by atoms with Crippen molar-refractivity contribution in [2.75, 3.05) is 4.90 Å². The van der Waals surface area contributed by atoms with Crippen LogP contribution < -0.4 is 4.90 Å². The number of rotatable bonds is 1. The molecule has 2 fully saturated rings. The van der Waals surface area contributed by atoms with Gasteiger partial charge in [0.25, 0.3) is 0 Å². The van der Waals surface area contributed by atoms with Crippen LogP contribution in [0.2, 0.25) is 10.0 Å². The number of hydrogen-bond donors (Lipinski definition) is 0. The number of benzene rings is 1. The number of carbonyl (C=O) groups is 2. The van der Waals surface area contributed by atoms with Gasteiger partial charge in [-0.25, -0.2) is 4.90 Å². The largest absolute Gasteiger partial charge is 0.274 e. The van der Waals surface area contributed by atoms with Gasteiger partial charge in [0.1, 0.15) is 0 Å². The first kappa shape index (κ1) is 12.4. The van der Waals surface area contributed by atoms with Crippen LogP contribution in [0.5, 0.6) is 0 Å². The van der Waals surface area contributed by atoms with Crippen molar-refractivity contribution in [3.63, 3.8) is 0 Å². The lowest BCUT2D eigenvalue weighted by atomic mass is 9.85. The predicted molar refractivity (Wildman–Crippen MR) is 76.7 cm³/mol. The summed E-state index contributed by atoms with van der Waals surface area (Å²) in [7, 11) is 0. The van der Waals surface area contributed by atoms with Gasteiger partial charge in [-0.15, -0.1) is 0 Å². The van der Waals surface area contributed by atoms with Crippen LogP contribution >= 0.6 is 23.2 Å². The number of allylic oxidation sites excluding steroid dienone is 2. The van der Waals surface area contributed by atoms with E-state index in [1.54, 1.807) is 18.2 Å². The second-order valence-electron chi connectivity index (χ2n) is 5.64. The highest BCUT2D eigenvalue weighted by molar-refractivity contribution is 6.35. The Balaban J connectivity index is 1.78. The van der Waals surface area contributed by atoms with Crippen LogP contribution in [0.25, 0.3) is 0 Å². The first-order valence-electron chi connectivity index (χ1n) is 6.58. The van der Waals surface area contributed by atoms with E-state index in [1.807, 2.05) is 0 Å². The van der Waals surface area contributed by atoms with Crippen molar-refractivity contribution in [3.05, 3.63) is 40.4 Å². The van der Waals surface area contributed by atoms with Crippen molar-refractivity contribution in [3.8, 4) is 0 Å². The summed E-state index contributed by atoms with van der Waals surface area (Å²) in [6.45, 7) is 0. The first-order valence-corrected chi connectivity index (χ1v) is 7.34. The topological polar surface area (TPSA) is 37.4 Å². The zero-order chi connectivity index (χ0) is 14.0. The zero-order valence-electron chi connectivity index (χ0n) is 10.4. The van der Waals surface area contributed by atoms with Crippen LogP contribution in [0.4, 0.5) is 5.69 Å². The quantitative estimate of drug-likeness (QED) is 0.589. The molecule has 102 valence electrons. The van der Waals surface area contributed by atoms with Crippen molar-refractivity contribution < 1.29 is 9.59 Å². The minimum Gasteiger partial charge on any atom is -0.274 e. The van der Waals surface area contributed by atoms with E-state index in [4.69, 9.17) is 23.2 Å². The third kappa shape index (κ3) is 1.54. The molecule has 3 nitrogen and oxygen atoms in total. The molecule has 5 heteroatoms. The Hall–Kier alpha value is -1.32. The molecular weight excluding hydrogens is 297 g/mol. The van der Waals surface area contributed by atoms with Gasteiger partial charge in [0.05, 0.1) is 17.5 Å². The molecule has 1 saturated heterocycles. The van der Waals surface area contributed by atoms with Gasteiger partial charge in [0.15, 0.2) is 0 Å². The molecule has 2 bridgehead atoms. The molecule has 0 aromatic heterocycles. The second-order valence-corrected chi connectivity index (χ2v) is 6.51. The molecule has 1 aliphatic heterocycles. The first-order chi connectivity index (χ1) is 9.56. The number of imide groups is 1. The van der Waals surface area contributed by atoms with Gasteiger partial charge in [0.2, 0.25) is 11.8 Å². The molecular formula is C15H11Cl2NO2. The minimum atomic E-state index is -0.199. The molecule has 0 spiro atoms. The Morgan fingerprint density at radius 1 is 0.900 bits per heavy atom. The molecule has 4 rings (SSSR count). The van der Waals surface area contributed by atoms with E-state index in [1.165, 1.54) is 4.90 Å². The third-order valence-corrected chi connectivity index (χ3v) is 5.01. The SMILES string of the molecule is O=C1[C@@H]2[C@H](C(=O)N1c1cc(Cl)cc(Cl)c1)[C@@H]1C=C[C@H]2C1. The van der Waals surface area contributed by atoms with Gasteiger partial charge in [0, 0.05) is 10.0 Å². The van der Waals surface area contributed by atoms with Crippen molar-refractivity contribution >= 4 is 40.7 Å². The molecule has 1 aromatic rings. The van der Waals surface area contributed by atoms with Crippen LogP contribution in [-0.4, -0.2) is 11.8 Å². The summed E-state index contributed by atoms with van der Waals surface area (Å²) < 4.78 is 0. The molecule has 20 heavy (non-hydrogen) atoms. The molecule has 1 aromatic carbocycles. The number of amides is 2. The van der Waals surface area contributed by atoms with E-state index in [2.05, 4.69) is 12.2 Å². The van der Waals surface area contributed by atoms with E-state index in [0.717, 1.165) is 6.42 Å². The molecule has 2 aliphatic carbocycles. The molecule has 1 heterocycles. The van der Waals surface area contributed by atoms with Crippen LogP contribution in [0.15, 0.2) is 30.4 Å². The van der Waals surface area contributed by atoms with E-state index < -0.39 is 0 Å². The molecule has 1 saturated carbocycles. The van der Waals surface area contributed by atoms with Gasteiger partial charge in [-0.2, -0.15) is 0 Å². The van der Waals surface area contributed by atoms with E-state index in [9.17, 15) is 9.59 Å². The number of fused-ring (bicyclic) bond motifs is 5. The van der Waals surface area contributed by atoms with Crippen LogP contribution in [0.1, 0.15) is 6.42 Å². The normalized spacial score (nSPS) is 34.2. The number of carbonyl (C=O) groups excluding carboxylic acids is 2. The maximum atomic E-state index is 12.6. The maximum absolute atomic E-state index is 12.6. The highest BCUT2D eigenvalue weighted by Gasteiger charge is 2.59. The standard InChI is InChI=1S/C15H11Cl2NO2/c16-9-4-10(17)6-11(5-9)18-14(19)12-7-1-2-8(3-7)13(12)15(18)20/h1-2,4-8,12-13H,3H2/t7-,8+,12-,13+. The summed E-state index contributed by atoms with van der Waals surface area (Å²) in [5.41, 5.74) is 0.478. The Bertz CT molecular complexity index is 620. The zero-order valence-corrected chi connectivity index (χ0v) is 11.9. The smallest absolute Gasteiger partial charge is 0.238 e. The van der Waals surface area contributed by atoms with Crippen LogP contribution in [0.3, 0.4) is 0 Å². The summed E-state index contributed by atoms with van der Waals surface area (Å²) in [5.74, 6) is -0.210. The molecule has 2 amide bonds. The van der Waals surface area contributed by atoms with Gasteiger partial charge in [-0.3, -0.25) is 9.59 Å². The van der Waals surface area contributed by atoms with E-state index >= 15 is 0 Å². The van der Waals surface area contributed by atoms with Crippen molar-refractivity contribution in [1.82, 2.24) is 0 Å². The fraction of sp³-hybridized carbons (Fsp3) is 0.333. The Morgan fingerprint density at radius 3 is 1.90 bits per heavy atom. The average Bonchev–Trinajstić information content (AvgIpc) is 3.02. The Morgan fingerprint density at radius 2 is 1.40 bits per heavy atom. The molecule has 0 unspecified atom stereocenters. The fourth-order valence-electron chi connectivity index (χ4n) is 3.83. The Labute approximate surface area is 126 Å². The molecule has 0 N–H and O–H groups in total. The maximum Gasteiger partial charge on any atom is 0.238 e. The monoisotopic (exact) mass is 307 g/mol. The van der Waals surface area contributed by atoms with Crippen molar-refractivity contribution in [1.29, 1.82) is 0 Å². The number of halogens is 2. The number of nitrogens with zero attached hydrogens (tertiary/aromatic N) is 1. The van der Waals surface area contributed by atoms with Gasteiger partial charge < -0.3 is 0 Å². The van der Waals surface area contributed by atoms with Crippen molar-refractivity contribution in [2.24, 2.45) is 23.7 Å². The van der Waals surface area contributed by atoms with Crippen LogP contribution in [-0.2, 0) is 9.59 Å².